The molecule has 0 bridgehead atoms. The molecule has 25 heavy (non-hydrogen) atoms. The van der Waals surface area contributed by atoms with Crippen LogP contribution in [0.25, 0.3) is 0 Å². The van der Waals surface area contributed by atoms with Crippen LogP contribution in [0.15, 0.2) is 51.1 Å². The summed E-state index contributed by atoms with van der Waals surface area (Å²) in [5, 5.41) is 4.97. The number of piperidine rings is 1. The van der Waals surface area contributed by atoms with Crippen LogP contribution in [0.4, 0.5) is 0 Å². The minimum Gasteiger partial charge on any atom is -0.353 e. The summed E-state index contributed by atoms with van der Waals surface area (Å²) < 4.78 is 27.7. The van der Waals surface area contributed by atoms with Gasteiger partial charge in [0.2, 0.25) is 15.9 Å². The zero-order valence-electron chi connectivity index (χ0n) is 13.5. The monoisotopic (exact) mass is 442 g/mol. The average Bonchev–Trinajstić information content (AvgIpc) is 3.08. The van der Waals surface area contributed by atoms with E-state index in [1.54, 1.807) is 35.6 Å². The van der Waals surface area contributed by atoms with Gasteiger partial charge in [0, 0.05) is 28.5 Å². The van der Waals surface area contributed by atoms with Gasteiger partial charge < -0.3 is 5.32 Å². The zero-order valence-corrected chi connectivity index (χ0v) is 16.7. The molecule has 1 aliphatic heterocycles. The van der Waals surface area contributed by atoms with Crippen LogP contribution in [-0.2, 0) is 21.2 Å². The van der Waals surface area contributed by atoms with Gasteiger partial charge >= 0.3 is 0 Å². The molecule has 0 unspecified atom stereocenters. The molecule has 0 saturated carbocycles. The minimum atomic E-state index is -3.47. The third kappa shape index (κ3) is 4.69. The molecule has 134 valence electrons. The number of benzene rings is 1. The number of halogens is 1. The first kappa shape index (κ1) is 18.6. The van der Waals surface area contributed by atoms with Crippen molar-refractivity contribution in [1.82, 2.24) is 9.62 Å². The average molecular weight is 443 g/mol. The summed E-state index contributed by atoms with van der Waals surface area (Å²) in [5.41, 5.74) is 0. The van der Waals surface area contributed by atoms with Gasteiger partial charge in [-0.3, -0.25) is 4.79 Å². The molecule has 1 saturated heterocycles. The van der Waals surface area contributed by atoms with Crippen molar-refractivity contribution in [3.05, 3.63) is 51.1 Å². The maximum Gasteiger partial charge on any atom is 0.243 e. The maximum atomic E-state index is 12.7. The lowest BCUT2D eigenvalue weighted by Crippen LogP contribution is -2.46. The summed E-state index contributed by atoms with van der Waals surface area (Å²) >= 11 is 4.88. The molecule has 1 aromatic carbocycles. The predicted octanol–water partition coefficient (Wildman–Crippen LogP) is 3.02. The SMILES string of the molecule is O=C(Cc1cccs1)NC1CCN(S(=O)(=O)c2ccc(Br)cc2)CC1. The lowest BCUT2D eigenvalue weighted by molar-refractivity contribution is -0.121. The fourth-order valence-corrected chi connectivity index (χ4v) is 5.28. The number of hydrogen-bond donors (Lipinski definition) is 1. The van der Waals surface area contributed by atoms with E-state index in [0.29, 0.717) is 37.2 Å². The van der Waals surface area contributed by atoms with E-state index >= 15 is 0 Å². The van der Waals surface area contributed by atoms with Gasteiger partial charge in [0.05, 0.1) is 11.3 Å². The van der Waals surface area contributed by atoms with Crippen LogP contribution >= 0.6 is 27.3 Å². The quantitative estimate of drug-likeness (QED) is 0.773. The Morgan fingerprint density at radius 2 is 1.88 bits per heavy atom. The molecule has 1 aliphatic rings. The molecule has 1 aromatic heterocycles. The van der Waals surface area contributed by atoms with E-state index in [4.69, 9.17) is 0 Å². The van der Waals surface area contributed by atoms with Crippen molar-refractivity contribution in [3.8, 4) is 0 Å². The number of rotatable bonds is 5. The van der Waals surface area contributed by atoms with E-state index < -0.39 is 10.0 Å². The number of carbonyl (C=O) groups excluding carboxylic acids is 1. The number of carbonyl (C=O) groups is 1. The Morgan fingerprint density at radius 1 is 1.20 bits per heavy atom. The van der Waals surface area contributed by atoms with Crippen LogP contribution in [-0.4, -0.2) is 37.8 Å². The van der Waals surface area contributed by atoms with Crippen molar-refractivity contribution in [3.63, 3.8) is 0 Å². The molecule has 0 spiro atoms. The van der Waals surface area contributed by atoms with Gasteiger partial charge in [0.25, 0.3) is 0 Å². The number of sulfonamides is 1. The zero-order chi connectivity index (χ0) is 17.9. The highest BCUT2D eigenvalue weighted by atomic mass is 79.9. The first-order valence-electron chi connectivity index (χ1n) is 8.02. The Balaban J connectivity index is 1.54. The third-order valence-electron chi connectivity index (χ3n) is 4.19. The summed E-state index contributed by atoms with van der Waals surface area (Å²) in [6.45, 7) is 0.838. The summed E-state index contributed by atoms with van der Waals surface area (Å²) in [7, 11) is -3.47. The van der Waals surface area contributed by atoms with Crippen LogP contribution in [0.1, 0.15) is 17.7 Å². The highest BCUT2D eigenvalue weighted by Gasteiger charge is 2.29. The molecule has 2 aromatic rings. The second kappa shape index (κ2) is 7.99. The fraction of sp³-hybridized carbons (Fsp3) is 0.353. The van der Waals surface area contributed by atoms with Crippen LogP contribution in [0.3, 0.4) is 0 Å². The molecule has 2 heterocycles. The Hall–Kier alpha value is -1.22. The molecule has 1 N–H and O–H groups in total. The molecule has 0 aliphatic carbocycles. The summed E-state index contributed by atoms with van der Waals surface area (Å²) in [6, 6.07) is 10.6. The van der Waals surface area contributed by atoms with Gasteiger partial charge in [-0.1, -0.05) is 22.0 Å². The first-order chi connectivity index (χ1) is 11.9. The molecular formula is C17H19BrN2O3S2. The number of nitrogens with zero attached hydrogens (tertiary/aromatic N) is 1. The van der Waals surface area contributed by atoms with E-state index in [2.05, 4.69) is 21.2 Å². The Kier molecular flexibility index (Phi) is 5.93. The van der Waals surface area contributed by atoms with Crippen molar-refractivity contribution in [2.75, 3.05) is 13.1 Å². The fourth-order valence-electron chi connectivity index (χ4n) is 2.85. The molecule has 1 fully saturated rings. The highest BCUT2D eigenvalue weighted by Crippen LogP contribution is 2.22. The van der Waals surface area contributed by atoms with E-state index in [0.717, 1.165) is 9.35 Å². The molecule has 0 atom stereocenters. The molecule has 8 heteroatoms. The lowest BCUT2D eigenvalue weighted by Gasteiger charge is -2.31. The molecule has 3 rings (SSSR count). The summed E-state index contributed by atoms with van der Waals surface area (Å²) in [6.07, 6.45) is 1.65. The number of nitrogens with one attached hydrogen (secondary N) is 1. The highest BCUT2D eigenvalue weighted by molar-refractivity contribution is 9.10. The normalized spacial score (nSPS) is 16.7. The summed E-state index contributed by atoms with van der Waals surface area (Å²) in [4.78, 5) is 13.4. The first-order valence-corrected chi connectivity index (χ1v) is 11.1. The Labute approximate surface area is 160 Å². The lowest BCUT2D eigenvalue weighted by atomic mass is 10.1. The third-order valence-corrected chi connectivity index (χ3v) is 7.50. The maximum absolute atomic E-state index is 12.7. The number of thiophene rings is 1. The Bertz CT molecular complexity index is 812. The van der Waals surface area contributed by atoms with E-state index in [-0.39, 0.29) is 11.9 Å². The van der Waals surface area contributed by atoms with Gasteiger partial charge in [0.1, 0.15) is 0 Å². The molecule has 1 amide bonds. The van der Waals surface area contributed by atoms with Crippen molar-refractivity contribution in [2.24, 2.45) is 0 Å². The van der Waals surface area contributed by atoms with E-state index in [1.165, 1.54) is 4.31 Å². The largest absolute Gasteiger partial charge is 0.353 e. The van der Waals surface area contributed by atoms with Gasteiger partial charge in [-0.25, -0.2) is 8.42 Å². The van der Waals surface area contributed by atoms with Crippen molar-refractivity contribution in [2.45, 2.75) is 30.2 Å². The van der Waals surface area contributed by atoms with Gasteiger partial charge in [-0.05, 0) is 48.6 Å². The second-order valence-electron chi connectivity index (χ2n) is 5.96. The van der Waals surface area contributed by atoms with Crippen LogP contribution < -0.4 is 5.32 Å². The molecule has 5 nitrogen and oxygen atoms in total. The smallest absolute Gasteiger partial charge is 0.243 e. The minimum absolute atomic E-state index is 0.00309. The van der Waals surface area contributed by atoms with Gasteiger partial charge in [0.15, 0.2) is 0 Å². The molecule has 0 radical (unpaired) electrons. The van der Waals surface area contributed by atoms with Crippen molar-refractivity contribution < 1.29 is 13.2 Å². The van der Waals surface area contributed by atoms with Gasteiger partial charge in [-0.15, -0.1) is 11.3 Å². The van der Waals surface area contributed by atoms with Crippen molar-refractivity contribution >= 4 is 43.2 Å². The predicted molar refractivity (Wildman–Crippen MR) is 102 cm³/mol. The van der Waals surface area contributed by atoms with Crippen molar-refractivity contribution in [1.29, 1.82) is 0 Å². The van der Waals surface area contributed by atoms with Crippen LogP contribution in [0.2, 0.25) is 0 Å². The van der Waals surface area contributed by atoms with E-state index in [9.17, 15) is 13.2 Å². The second-order valence-corrected chi connectivity index (χ2v) is 9.84. The standard InChI is InChI=1S/C17H19BrN2O3S2/c18-13-3-5-16(6-4-13)25(22,23)20-9-7-14(8-10-20)19-17(21)12-15-2-1-11-24-15/h1-6,11,14H,7-10,12H2,(H,19,21). The Morgan fingerprint density at radius 3 is 2.48 bits per heavy atom. The van der Waals surface area contributed by atoms with E-state index in [1.807, 2.05) is 17.5 Å². The van der Waals surface area contributed by atoms with Crippen LogP contribution in [0, 0.1) is 0 Å². The number of hydrogen-bond acceptors (Lipinski definition) is 4. The topological polar surface area (TPSA) is 66.5 Å². The number of amides is 1. The summed E-state index contributed by atoms with van der Waals surface area (Å²) in [5.74, 6) is -0.00309. The van der Waals surface area contributed by atoms with Gasteiger partial charge in [-0.2, -0.15) is 4.31 Å². The van der Waals surface area contributed by atoms with Crippen LogP contribution in [0.5, 0.6) is 0 Å². The molecular weight excluding hydrogens is 424 g/mol.